The molecular formula is C44H32CuN4. The molecule has 5 aromatic rings. The number of allylic oxidation sites excluding steroid dienone is 4. The van der Waals surface area contributed by atoms with Gasteiger partial charge in [0.1, 0.15) is 0 Å². The van der Waals surface area contributed by atoms with Crippen molar-refractivity contribution in [1.82, 2.24) is 10.3 Å². The molecule has 0 aliphatic carbocycles. The summed E-state index contributed by atoms with van der Waals surface area (Å²) in [6.45, 7) is 0. The van der Waals surface area contributed by atoms with Crippen LogP contribution in [-0.2, 0) is 22.6 Å². The van der Waals surface area contributed by atoms with Gasteiger partial charge < -0.3 is 4.98 Å². The molecular weight excluding hydrogens is 648 g/mol. The molecule has 4 aliphatic heterocycles. The third-order valence-electron chi connectivity index (χ3n) is 9.40. The van der Waals surface area contributed by atoms with Crippen molar-refractivity contribution >= 4 is 28.1 Å². The minimum absolute atomic E-state index is 0. The fourth-order valence-corrected chi connectivity index (χ4v) is 7.28. The Labute approximate surface area is 296 Å². The Kier molecular flexibility index (Phi) is 8.02. The molecule has 0 saturated heterocycles. The maximum Gasteiger partial charge on any atom is 0.0912 e. The molecule has 49 heavy (non-hydrogen) atoms. The van der Waals surface area contributed by atoms with Crippen molar-refractivity contribution in [2.75, 3.05) is 0 Å². The van der Waals surface area contributed by atoms with E-state index in [0.29, 0.717) is 0 Å². The molecule has 0 amide bonds. The third kappa shape index (κ3) is 5.48. The molecule has 4 aromatic carbocycles. The number of nitrogens with zero attached hydrogens (tertiary/aromatic N) is 2. The monoisotopic (exact) mass is 679 g/mol. The number of hydrogen-bond donors (Lipinski definition) is 2. The molecule has 0 spiro atoms. The Morgan fingerprint density at radius 3 is 1.67 bits per heavy atom. The fourth-order valence-electron chi connectivity index (χ4n) is 7.28. The molecule has 5 heteroatoms. The summed E-state index contributed by atoms with van der Waals surface area (Å²) in [7, 11) is 0. The van der Waals surface area contributed by atoms with Gasteiger partial charge in [0.25, 0.3) is 0 Å². The zero-order valence-electron chi connectivity index (χ0n) is 26.5. The topological polar surface area (TPSA) is 52.5 Å². The maximum absolute atomic E-state index is 5.47. The van der Waals surface area contributed by atoms with Crippen LogP contribution < -0.4 is 16.0 Å². The van der Waals surface area contributed by atoms with Gasteiger partial charge in [0.05, 0.1) is 28.4 Å². The van der Waals surface area contributed by atoms with Crippen LogP contribution >= 0.6 is 0 Å². The number of aliphatic imine (C=N–C) groups is 2. The molecule has 2 unspecified atom stereocenters. The Bertz CT molecular complexity index is 2390. The van der Waals surface area contributed by atoms with Crippen molar-refractivity contribution in [2.45, 2.75) is 11.6 Å². The first-order valence-electron chi connectivity index (χ1n) is 16.4. The quantitative estimate of drug-likeness (QED) is 0.154. The van der Waals surface area contributed by atoms with Crippen LogP contribution in [0.3, 0.4) is 0 Å². The van der Waals surface area contributed by atoms with Crippen LogP contribution in [0.2, 0.25) is 0 Å². The van der Waals surface area contributed by atoms with Crippen molar-refractivity contribution in [2.24, 2.45) is 9.98 Å². The standard InChI is InChI=1S/C44H32N4.Cu/c1-5-13-30(14-6-1)41-36-22-21-34(45-36)29-35-27-28-44(48-35,33-19-11-4-12-20-33)43(32-17-9-3-10-18-32)40-26-25-39(47-40)42(31-15-7-2-8-16-31)38-24-23-37(41)46-38;/h1-29,35,46,48H;. The molecule has 4 aliphatic rings. The van der Waals surface area contributed by atoms with E-state index < -0.39 is 5.54 Å². The first-order chi connectivity index (χ1) is 23.7. The van der Waals surface area contributed by atoms with Crippen LogP contribution in [0, 0.1) is 0 Å². The van der Waals surface area contributed by atoms with Crippen LogP contribution in [0.4, 0.5) is 0 Å². The number of hydrogen-bond acceptors (Lipinski definition) is 3. The zero-order chi connectivity index (χ0) is 31.9. The van der Waals surface area contributed by atoms with E-state index in [9.17, 15) is 0 Å². The van der Waals surface area contributed by atoms with E-state index in [0.717, 1.165) is 72.5 Å². The van der Waals surface area contributed by atoms with Crippen molar-refractivity contribution in [3.8, 4) is 0 Å². The Hall–Kier alpha value is -5.58. The van der Waals surface area contributed by atoms with Crippen LogP contribution in [0.15, 0.2) is 197 Å². The van der Waals surface area contributed by atoms with Gasteiger partial charge in [0, 0.05) is 50.5 Å². The fraction of sp³-hybridized carbons (Fsp3) is 0.0455. The van der Waals surface area contributed by atoms with E-state index in [2.05, 4.69) is 186 Å². The second kappa shape index (κ2) is 12.8. The Morgan fingerprint density at radius 2 is 1.06 bits per heavy atom. The van der Waals surface area contributed by atoms with Crippen LogP contribution in [0.25, 0.3) is 16.7 Å². The number of benzene rings is 4. The molecule has 0 saturated carbocycles. The molecule has 5 heterocycles. The van der Waals surface area contributed by atoms with Gasteiger partial charge >= 0.3 is 0 Å². The van der Waals surface area contributed by atoms with Gasteiger partial charge in [-0.25, -0.2) is 9.98 Å². The largest absolute Gasteiger partial charge is 0.354 e. The number of fused-ring (bicyclic) bond motifs is 6. The molecule has 4 nitrogen and oxygen atoms in total. The number of aromatic nitrogens is 1. The van der Waals surface area contributed by atoms with Gasteiger partial charge in [0.2, 0.25) is 0 Å². The molecule has 1 radical (unpaired) electrons. The van der Waals surface area contributed by atoms with E-state index in [1.165, 1.54) is 0 Å². The number of aromatic amines is 1. The molecule has 9 rings (SSSR count). The number of rotatable bonds is 4. The molecule has 2 N–H and O–H groups in total. The van der Waals surface area contributed by atoms with Crippen LogP contribution in [0.1, 0.15) is 22.3 Å². The number of nitrogens with one attached hydrogen (secondary N) is 2. The summed E-state index contributed by atoms with van der Waals surface area (Å²) < 4.78 is 0. The van der Waals surface area contributed by atoms with E-state index in [4.69, 9.17) is 9.98 Å². The SMILES string of the molecule is C1=CC2=NC1=CC1C=CC(c3ccccc3)(N1)C(c1ccccc1)=C1C=CC(=N1)C(c1ccccc1)=c1ccc([nH]1)=C2c1ccccc1.[Cu]. The van der Waals surface area contributed by atoms with Crippen LogP contribution in [0.5, 0.6) is 0 Å². The average molecular weight is 680 g/mol. The first-order valence-corrected chi connectivity index (χ1v) is 16.4. The van der Waals surface area contributed by atoms with Crippen molar-refractivity contribution in [1.29, 1.82) is 0 Å². The minimum Gasteiger partial charge on any atom is -0.354 e. The maximum atomic E-state index is 5.47. The molecule has 2 atom stereocenters. The van der Waals surface area contributed by atoms with Gasteiger partial charge in [-0.15, -0.1) is 0 Å². The summed E-state index contributed by atoms with van der Waals surface area (Å²) in [5, 5.41) is 6.04. The zero-order valence-corrected chi connectivity index (χ0v) is 27.5. The molecule has 239 valence electrons. The van der Waals surface area contributed by atoms with Crippen molar-refractivity contribution in [3.63, 3.8) is 0 Å². The minimum atomic E-state index is -0.636. The summed E-state index contributed by atoms with van der Waals surface area (Å²) in [4.78, 5) is 14.5. The first kappa shape index (κ1) is 30.7. The summed E-state index contributed by atoms with van der Waals surface area (Å²) in [5.74, 6) is 0. The van der Waals surface area contributed by atoms with Gasteiger partial charge in [0.15, 0.2) is 0 Å². The second-order valence-corrected chi connectivity index (χ2v) is 12.3. The van der Waals surface area contributed by atoms with Crippen molar-refractivity contribution in [3.05, 3.63) is 220 Å². The second-order valence-electron chi connectivity index (χ2n) is 12.3. The van der Waals surface area contributed by atoms with Gasteiger partial charge in [-0.2, -0.15) is 0 Å². The summed E-state index contributed by atoms with van der Waals surface area (Å²) in [6.07, 6.45) is 15.4. The van der Waals surface area contributed by atoms with E-state index in [1.54, 1.807) is 0 Å². The summed E-state index contributed by atoms with van der Waals surface area (Å²) >= 11 is 0. The molecule has 1 aromatic heterocycles. The Balaban J connectivity index is 0.00000348. The normalized spacial score (nSPS) is 20.7. The van der Waals surface area contributed by atoms with Gasteiger partial charge in [-0.3, -0.25) is 5.32 Å². The average Bonchev–Trinajstić information content (AvgIpc) is 3.97. The predicted octanol–water partition coefficient (Wildman–Crippen LogP) is 7.16. The van der Waals surface area contributed by atoms with Crippen molar-refractivity contribution < 1.29 is 17.1 Å². The van der Waals surface area contributed by atoms with E-state index in [-0.39, 0.29) is 23.1 Å². The van der Waals surface area contributed by atoms with E-state index in [1.807, 2.05) is 0 Å². The van der Waals surface area contributed by atoms with Crippen LogP contribution in [-0.4, -0.2) is 22.4 Å². The van der Waals surface area contributed by atoms with Gasteiger partial charge in [-0.1, -0.05) is 133 Å². The summed E-state index contributed by atoms with van der Waals surface area (Å²) in [5.41, 5.74) is 10.7. The summed E-state index contributed by atoms with van der Waals surface area (Å²) in [6, 6.07) is 46.7. The molecule has 0 fully saturated rings. The third-order valence-corrected chi connectivity index (χ3v) is 9.40. The molecule has 8 bridgehead atoms. The smallest absolute Gasteiger partial charge is 0.0912 e. The van der Waals surface area contributed by atoms with Gasteiger partial charge in [-0.05, 0) is 64.8 Å². The Morgan fingerprint density at radius 1 is 0.531 bits per heavy atom. The number of H-pyrrole nitrogens is 1. The van der Waals surface area contributed by atoms with E-state index >= 15 is 0 Å². The predicted molar refractivity (Wildman–Crippen MR) is 197 cm³/mol.